The second-order valence-corrected chi connectivity index (χ2v) is 12.1. The molecule has 2 aliphatic heterocycles. The number of benzene rings is 1. The maximum Gasteiger partial charge on any atom is 0.389 e. The number of hydrogen-bond acceptors (Lipinski definition) is 7. The van der Waals surface area contributed by atoms with E-state index in [1.165, 1.54) is 32.1 Å². The molecule has 1 saturated heterocycles. The van der Waals surface area contributed by atoms with Crippen LogP contribution >= 0.6 is 0 Å². The van der Waals surface area contributed by atoms with Crippen LogP contribution in [-0.4, -0.2) is 98.0 Å². The number of halogens is 3. The van der Waals surface area contributed by atoms with Gasteiger partial charge in [-0.1, -0.05) is 25.3 Å². The second kappa shape index (κ2) is 13.3. The zero-order valence-corrected chi connectivity index (χ0v) is 24.8. The fourth-order valence-corrected chi connectivity index (χ4v) is 6.63. The minimum Gasteiger partial charge on any atom is -0.378 e. The molecule has 3 aromatic rings. The molecule has 44 heavy (non-hydrogen) atoms. The lowest BCUT2D eigenvalue weighted by Crippen LogP contribution is -2.52. The number of aliphatic hydroxyl groups is 1. The molecule has 4 heterocycles. The summed E-state index contributed by atoms with van der Waals surface area (Å²) in [6, 6.07) is 11.9. The van der Waals surface area contributed by atoms with E-state index in [9.17, 15) is 23.1 Å². The summed E-state index contributed by atoms with van der Waals surface area (Å²) in [5.74, 6) is 0.471. The lowest BCUT2D eigenvalue weighted by Gasteiger charge is -2.40. The molecule has 236 valence electrons. The number of amides is 1. The van der Waals surface area contributed by atoms with Crippen molar-refractivity contribution in [2.24, 2.45) is 0 Å². The molecule has 0 radical (unpaired) electrons. The van der Waals surface area contributed by atoms with Gasteiger partial charge in [0.1, 0.15) is 6.23 Å². The third-order valence-corrected chi connectivity index (χ3v) is 9.14. The number of anilines is 2. The standard InChI is InChI=1S/C32H40F3N7O2/c33-32(34,35)15-12-28(43)40-17-13-23(14-18-40)27-7-4-16-42-29(27)37-31(38-42)36-25-10-8-24(9-11-25)30(44)41-21-19-39(20-22-41)26-5-2-1-3-6-26/h4,7-11,13,16,26,28,43H,1-3,5-6,12,14-15,17-22H2,(H,36,38). The van der Waals surface area contributed by atoms with Crippen molar-refractivity contribution >= 4 is 28.8 Å². The maximum absolute atomic E-state index is 13.2. The van der Waals surface area contributed by atoms with E-state index in [4.69, 9.17) is 4.98 Å². The van der Waals surface area contributed by atoms with Crippen LogP contribution in [0, 0.1) is 0 Å². The van der Waals surface area contributed by atoms with Gasteiger partial charge in [0.15, 0.2) is 5.65 Å². The lowest BCUT2D eigenvalue weighted by atomic mass is 9.94. The Bertz CT molecular complexity index is 1460. The summed E-state index contributed by atoms with van der Waals surface area (Å²) in [6.07, 6.45) is 4.10. The largest absolute Gasteiger partial charge is 0.389 e. The van der Waals surface area contributed by atoms with Crippen molar-refractivity contribution in [1.82, 2.24) is 29.3 Å². The average molecular weight is 612 g/mol. The number of pyridine rings is 1. The predicted octanol–water partition coefficient (Wildman–Crippen LogP) is 5.31. The Balaban J connectivity index is 1.06. The van der Waals surface area contributed by atoms with Crippen molar-refractivity contribution in [2.45, 2.75) is 69.8 Å². The van der Waals surface area contributed by atoms with Crippen LogP contribution in [0.4, 0.5) is 24.8 Å². The highest BCUT2D eigenvalue weighted by Gasteiger charge is 2.30. The molecule has 2 N–H and O–H groups in total. The Morgan fingerprint density at radius 2 is 1.77 bits per heavy atom. The molecule has 6 rings (SSSR count). The molecule has 3 aliphatic rings. The number of carbonyl (C=O) groups excluding carboxylic acids is 1. The van der Waals surface area contributed by atoms with Crippen molar-refractivity contribution in [3.05, 3.63) is 59.8 Å². The highest BCUT2D eigenvalue weighted by molar-refractivity contribution is 5.94. The van der Waals surface area contributed by atoms with Crippen LogP contribution in [0.25, 0.3) is 11.2 Å². The van der Waals surface area contributed by atoms with Crippen molar-refractivity contribution in [3.63, 3.8) is 0 Å². The topological polar surface area (TPSA) is 89.2 Å². The van der Waals surface area contributed by atoms with Crippen molar-refractivity contribution in [1.29, 1.82) is 0 Å². The van der Waals surface area contributed by atoms with Gasteiger partial charge in [0.25, 0.3) is 5.91 Å². The van der Waals surface area contributed by atoms with Gasteiger partial charge in [0.2, 0.25) is 5.95 Å². The number of fused-ring (bicyclic) bond motifs is 1. The van der Waals surface area contributed by atoms with Gasteiger partial charge < -0.3 is 15.3 Å². The van der Waals surface area contributed by atoms with E-state index in [-0.39, 0.29) is 12.3 Å². The molecule has 0 bridgehead atoms. The van der Waals surface area contributed by atoms with Gasteiger partial charge in [-0.2, -0.15) is 18.2 Å². The van der Waals surface area contributed by atoms with Gasteiger partial charge in [-0.05, 0) is 67.7 Å². The average Bonchev–Trinajstić information content (AvgIpc) is 3.46. The highest BCUT2D eigenvalue weighted by Crippen LogP contribution is 2.29. The van der Waals surface area contributed by atoms with Crippen LogP contribution in [0.5, 0.6) is 0 Å². The fraction of sp³-hybridized carbons (Fsp3) is 0.531. The highest BCUT2D eigenvalue weighted by atomic mass is 19.4. The smallest absolute Gasteiger partial charge is 0.378 e. The van der Waals surface area contributed by atoms with E-state index in [1.54, 1.807) is 9.42 Å². The van der Waals surface area contributed by atoms with Crippen LogP contribution in [0.3, 0.4) is 0 Å². The molecular formula is C32H40F3N7O2. The van der Waals surface area contributed by atoms with Crippen LogP contribution in [0.1, 0.15) is 67.3 Å². The lowest BCUT2D eigenvalue weighted by molar-refractivity contribution is -0.146. The van der Waals surface area contributed by atoms with Crippen LogP contribution < -0.4 is 5.32 Å². The molecule has 1 amide bonds. The van der Waals surface area contributed by atoms with E-state index < -0.39 is 18.8 Å². The zero-order valence-electron chi connectivity index (χ0n) is 24.8. The van der Waals surface area contributed by atoms with Gasteiger partial charge in [0.05, 0.1) is 0 Å². The molecule has 2 fully saturated rings. The molecule has 1 atom stereocenters. The van der Waals surface area contributed by atoms with E-state index in [2.05, 4.69) is 15.3 Å². The first kappa shape index (κ1) is 30.5. The molecular weight excluding hydrogens is 571 g/mol. The van der Waals surface area contributed by atoms with E-state index in [0.717, 1.165) is 43.0 Å². The summed E-state index contributed by atoms with van der Waals surface area (Å²) in [5, 5.41) is 18.0. The molecule has 12 heteroatoms. The molecule has 9 nitrogen and oxygen atoms in total. The van der Waals surface area contributed by atoms with E-state index >= 15 is 0 Å². The number of piperazine rings is 1. The number of nitrogens with one attached hydrogen (secondary N) is 1. The van der Waals surface area contributed by atoms with Gasteiger partial charge in [-0.15, -0.1) is 5.10 Å². The number of alkyl halides is 3. The Hall–Kier alpha value is -3.48. The Labute approximate surface area is 255 Å². The Kier molecular flexibility index (Phi) is 9.20. The number of aromatic nitrogens is 3. The number of carbonyl (C=O) groups is 1. The summed E-state index contributed by atoms with van der Waals surface area (Å²) >= 11 is 0. The minimum absolute atomic E-state index is 0.0579. The molecule has 2 aromatic heterocycles. The minimum atomic E-state index is -4.28. The van der Waals surface area contributed by atoms with Crippen molar-refractivity contribution < 1.29 is 23.1 Å². The fourth-order valence-electron chi connectivity index (χ4n) is 6.63. The number of aliphatic hydroxyl groups excluding tert-OH is 1. The molecule has 0 spiro atoms. The van der Waals surface area contributed by atoms with E-state index in [1.807, 2.05) is 53.6 Å². The summed E-state index contributed by atoms with van der Waals surface area (Å²) in [6.45, 7) is 4.21. The summed E-state index contributed by atoms with van der Waals surface area (Å²) < 4.78 is 39.4. The SMILES string of the molecule is O=C(c1ccc(Nc2nc3c(C4=CCN(C(O)CCC(F)(F)F)CC4)cccn3n2)cc1)N1CCN(C2CCCCC2)CC1. The second-order valence-electron chi connectivity index (χ2n) is 12.1. The number of rotatable bonds is 8. The molecule has 1 aromatic carbocycles. The number of hydrogen-bond donors (Lipinski definition) is 2. The van der Waals surface area contributed by atoms with E-state index in [0.29, 0.717) is 42.7 Å². The molecule has 1 saturated carbocycles. The monoisotopic (exact) mass is 611 g/mol. The third-order valence-electron chi connectivity index (χ3n) is 9.14. The number of nitrogens with zero attached hydrogens (tertiary/aromatic N) is 6. The first-order chi connectivity index (χ1) is 21.2. The maximum atomic E-state index is 13.2. The first-order valence-corrected chi connectivity index (χ1v) is 15.7. The first-order valence-electron chi connectivity index (χ1n) is 15.7. The van der Waals surface area contributed by atoms with Gasteiger partial charge in [0, 0.05) is 74.7 Å². The summed E-state index contributed by atoms with van der Waals surface area (Å²) in [5.41, 5.74) is 3.99. The van der Waals surface area contributed by atoms with Crippen LogP contribution in [0.2, 0.25) is 0 Å². The Morgan fingerprint density at radius 1 is 1.02 bits per heavy atom. The van der Waals surface area contributed by atoms with Crippen LogP contribution in [0.15, 0.2) is 48.7 Å². The van der Waals surface area contributed by atoms with Gasteiger partial charge in [-0.25, -0.2) is 4.52 Å². The third kappa shape index (κ3) is 7.24. The Morgan fingerprint density at radius 3 is 2.45 bits per heavy atom. The van der Waals surface area contributed by atoms with Crippen molar-refractivity contribution in [2.75, 3.05) is 44.6 Å². The van der Waals surface area contributed by atoms with Crippen molar-refractivity contribution in [3.8, 4) is 0 Å². The normalized spacial score (nSPS) is 20.1. The van der Waals surface area contributed by atoms with Crippen LogP contribution in [-0.2, 0) is 0 Å². The zero-order chi connectivity index (χ0) is 30.7. The summed E-state index contributed by atoms with van der Waals surface area (Å²) in [7, 11) is 0. The predicted molar refractivity (Wildman–Crippen MR) is 163 cm³/mol. The van der Waals surface area contributed by atoms with Gasteiger partial charge >= 0.3 is 6.18 Å². The van der Waals surface area contributed by atoms with Gasteiger partial charge in [-0.3, -0.25) is 14.6 Å². The summed E-state index contributed by atoms with van der Waals surface area (Å²) in [4.78, 5) is 24.1. The molecule has 1 aliphatic carbocycles. The molecule has 1 unspecified atom stereocenters. The quantitative estimate of drug-likeness (QED) is 0.357.